The molecule has 0 aromatic rings. The van der Waals surface area contributed by atoms with Crippen molar-refractivity contribution in [1.29, 1.82) is 0 Å². The van der Waals surface area contributed by atoms with E-state index in [2.05, 4.69) is 5.32 Å². The largest absolute Gasteiger partial charge is 0.473 e. The van der Waals surface area contributed by atoms with Crippen molar-refractivity contribution >= 4 is 21.2 Å². The van der Waals surface area contributed by atoms with Crippen LogP contribution in [0.2, 0.25) is 0 Å². The van der Waals surface area contributed by atoms with E-state index in [0.29, 0.717) is 5.88 Å². The molecule has 1 atom stereocenters. The number of carbonyl (C=O) groups is 1. The van der Waals surface area contributed by atoms with Gasteiger partial charge in [-0.2, -0.15) is 0 Å². The Kier molecular flexibility index (Phi) is 1.65. The van der Waals surface area contributed by atoms with Crippen LogP contribution < -0.4 is 5.32 Å². The van der Waals surface area contributed by atoms with Crippen molar-refractivity contribution < 1.29 is 9.90 Å². The predicted molar refractivity (Wildman–Crippen MR) is 34.5 cm³/mol. The molecule has 2 N–H and O–H groups in total. The van der Waals surface area contributed by atoms with E-state index in [1.165, 1.54) is 0 Å². The molecular weight excluding hydrogens is 126 g/mol. The van der Waals surface area contributed by atoms with E-state index < -0.39 is 15.8 Å². The Balaban J connectivity index is 2.57. The zero-order chi connectivity index (χ0) is 5.98. The van der Waals surface area contributed by atoms with E-state index in [-0.39, 0.29) is 0 Å². The van der Waals surface area contributed by atoms with Gasteiger partial charge in [-0.05, 0) is 5.37 Å². The highest BCUT2D eigenvalue weighted by Gasteiger charge is 2.07. The average Bonchev–Trinajstić information content (AvgIpc) is 2.12. The topological polar surface area (TPSA) is 49.3 Å². The summed E-state index contributed by atoms with van der Waals surface area (Å²) in [6.07, 6.45) is 0. The van der Waals surface area contributed by atoms with Gasteiger partial charge >= 0.3 is 5.30 Å². The summed E-state index contributed by atoms with van der Waals surface area (Å²) in [4.78, 5) is 10.1. The summed E-state index contributed by atoms with van der Waals surface area (Å²) in [5, 5.41) is 12.4. The van der Waals surface area contributed by atoms with Crippen molar-refractivity contribution in [3.05, 3.63) is 0 Å². The van der Waals surface area contributed by atoms with E-state index in [1.54, 1.807) is 5.37 Å². The van der Waals surface area contributed by atoms with Gasteiger partial charge in [0.1, 0.15) is 0 Å². The van der Waals surface area contributed by atoms with Crippen LogP contribution >= 0.6 is 10.5 Å². The molecule has 0 spiro atoms. The molecule has 1 aliphatic heterocycles. The molecule has 4 heteroatoms. The first-order valence-electron chi connectivity index (χ1n) is 2.27. The molecule has 1 rings (SSSR count). The van der Waals surface area contributed by atoms with Gasteiger partial charge in [-0.25, -0.2) is 4.79 Å². The van der Waals surface area contributed by atoms with Crippen LogP contribution in [0.15, 0.2) is 0 Å². The van der Waals surface area contributed by atoms with Gasteiger partial charge in [0.25, 0.3) is 0 Å². The molecule has 0 fully saturated rings. The Morgan fingerprint density at radius 2 is 2.62 bits per heavy atom. The van der Waals surface area contributed by atoms with Gasteiger partial charge in [0.2, 0.25) is 0 Å². The van der Waals surface area contributed by atoms with Gasteiger partial charge in [0, 0.05) is 12.4 Å². The van der Waals surface area contributed by atoms with Gasteiger partial charge in [0.15, 0.2) is 0 Å². The van der Waals surface area contributed by atoms with E-state index in [4.69, 9.17) is 5.11 Å². The molecule has 1 aliphatic rings. The highest BCUT2D eigenvalue weighted by Crippen LogP contribution is 2.12. The maximum Gasteiger partial charge on any atom is 0.360 e. The van der Waals surface area contributed by atoms with Crippen molar-refractivity contribution in [2.75, 3.05) is 12.4 Å². The maximum absolute atomic E-state index is 10.1. The molecule has 8 heavy (non-hydrogen) atoms. The van der Waals surface area contributed by atoms with Crippen LogP contribution in [0.5, 0.6) is 0 Å². The van der Waals surface area contributed by atoms with Crippen molar-refractivity contribution in [2.24, 2.45) is 0 Å². The highest BCUT2D eigenvalue weighted by molar-refractivity contribution is 8.27. The Labute approximate surface area is 49.6 Å². The number of nitrogens with one attached hydrogen (secondary N) is 1. The molecule has 0 radical (unpaired) electrons. The molecule has 0 amide bonds. The summed E-state index contributed by atoms with van der Waals surface area (Å²) in [5.74, 6) is 0.620. The van der Waals surface area contributed by atoms with Gasteiger partial charge in [-0.1, -0.05) is 10.5 Å². The van der Waals surface area contributed by atoms with E-state index in [0.717, 1.165) is 6.54 Å². The lowest BCUT2D eigenvalue weighted by Crippen LogP contribution is -2.07. The molecule has 0 saturated carbocycles. The fraction of sp³-hybridized carbons (Fsp3) is 0.500. The van der Waals surface area contributed by atoms with Gasteiger partial charge in [0.05, 0.1) is 0 Å². The maximum atomic E-state index is 10.1. The van der Waals surface area contributed by atoms with Crippen molar-refractivity contribution in [3.63, 3.8) is 0 Å². The highest BCUT2D eigenvalue weighted by atomic mass is 32.2. The summed E-state index contributed by atoms with van der Waals surface area (Å²) >= 11 is 0. The first-order valence-corrected chi connectivity index (χ1v) is 3.73. The molecule has 0 bridgehead atoms. The van der Waals surface area contributed by atoms with Gasteiger partial charge < -0.3 is 10.4 Å². The van der Waals surface area contributed by atoms with Crippen LogP contribution in [0.3, 0.4) is 0 Å². The van der Waals surface area contributed by atoms with Crippen LogP contribution in [0, 0.1) is 0 Å². The number of carboxylic acid groups (broad SMARTS) is 1. The lowest BCUT2D eigenvalue weighted by molar-refractivity contribution is 0.222. The molecule has 0 aromatic heterocycles. The molecule has 1 unspecified atom stereocenters. The fourth-order valence-electron chi connectivity index (χ4n) is 0.520. The van der Waals surface area contributed by atoms with Crippen molar-refractivity contribution in [2.45, 2.75) is 0 Å². The minimum Gasteiger partial charge on any atom is -0.473 e. The monoisotopic (exact) mass is 133 g/mol. The molecule has 0 aliphatic carbocycles. The second-order valence-corrected chi connectivity index (χ2v) is 3.29. The first kappa shape index (κ1) is 5.78. The third kappa shape index (κ3) is 1.08. The van der Waals surface area contributed by atoms with Crippen LogP contribution in [-0.2, 0) is 0 Å². The normalized spacial score (nSPS) is 27.2. The van der Waals surface area contributed by atoms with Gasteiger partial charge in [-0.3, -0.25) is 0 Å². The summed E-state index contributed by atoms with van der Waals surface area (Å²) in [6.45, 7) is 0.745. The number of hydrogen-bond donors (Lipinski definition) is 2. The SMILES string of the molecule is O=C(O)S1=CCNC1. The molecule has 0 aromatic carbocycles. The minimum atomic E-state index is -0.699. The van der Waals surface area contributed by atoms with Crippen LogP contribution in [-0.4, -0.2) is 28.2 Å². The third-order valence-electron chi connectivity index (χ3n) is 0.911. The average molecular weight is 133 g/mol. The number of rotatable bonds is 0. The fourth-order valence-corrected chi connectivity index (χ4v) is 1.56. The lowest BCUT2D eigenvalue weighted by Gasteiger charge is -1.90. The molecule has 0 saturated heterocycles. The second kappa shape index (κ2) is 2.28. The Morgan fingerprint density at radius 1 is 1.88 bits per heavy atom. The lowest BCUT2D eigenvalue weighted by atomic mass is 10.8. The Bertz CT molecular complexity index is 143. The van der Waals surface area contributed by atoms with Crippen LogP contribution in [0.4, 0.5) is 4.79 Å². The van der Waals surface area contributed by atoms with Crippen molar-refractivity contribution in [1.82, 2.24) is 5.32 Å². The zero-order valence-electron chi connectivity index (χ0n) is 4.26. The van der Waals surface area contributed by atoms with E-state index in [1.807, 2.05) is 0 Å². The minimum absolute atomic E-state index is 0.498. The smallest absolute Gasteiger partial charge is 0.360 e. The Hall–Kier alpha value is -0.350. The predicted octanol–water partition coefficient (Wildman–Crippen LogP) is 0.296. The van der Waals surface area contributed by atoms with Crippen molar-refractivity contribution in [3.8, 4) is 0 Å². The van der Waals surface area contributed by atoms with Crippen LogP contribution in [0.25, 0.3) is 0 Å². The summed E-state index contributed by atoms with van der Waals surface area (Å²) in [6, 6.07) is 0. The van der Waals surface area contributed by atoms with Crippen LogP contribution in [0.1, 0.15) is 0 Å². The number of hydrogen-bond acceptors (Lipinski definition) is 2. The second-order valence-electron chi connectivity index (χ2n) is 1.46. The van der Waals surface area contributed by atoms with E-state index >= 15 is 0 Å². The summed E-state index contributed by atoms with van der Waals surface area (Å²) in [7, 11) is -0.498. The standard InChI is InChI=1S/C4H7NO2S/c6-4(7)8-2-1-5-3-8/h2,5H,1,3H2,(H,6,7). The summed E-state index contributed by atoms with van der Waals surface area (Å²) < 4.78 is 0. The quantitative estimate of drug-likeness (QED) is 0.467. The summed E-state index contributed by atoms with van der Waals surface area (Å²) in [5.41, 5.74) is 0. The zero-order valence-corrected chi connectivity index (χ0v) is 5.07. The van der Waals surface area contributed by atoms with E-state index in [9.17, 15) is 4.79 Å². The Morgan fingerprint density at radius 3 is 2.88 bits per heavy atom. The first-order chi connectivity index (χ1) is 3.80. The molecule has 46 valence electrons. The third-order valence-corrected chi connectivity index (χ3v) is 2.44. The molecule has 1 heterocycles. The van der Waals surface area contributed by atoms with Gasteiger partial charge in [-0.15, -0.1) is 0 Å². The molecule has 3 nitrogen and oxygen atoms in total. The molecular formula is C4H7NO2S.